The third-order valence-electron chi connectivity index (χ3n) is 7.69. The van der Waals surface area contributed by atoms with Crippen molar-refractivity contribution in [1.82, 2.24) is 10.3 Å². The number of nitrogens with zero attached hydrogens (tertiary/aromatic N) is 1. The molecule has 4 aliphatic rings. The zero-order valence-corrected chi connectivity index (χ0v) is 19.3. The van der Waals surface area contributed by atoms with Gasteiger partial charge in [0.05, 0.1) is 13.2 Å². The summed E-state index contributed by atoms with van der Waals surface area (Å²) in [4.78, 5) is 29.2. The lowest BCUT2D eigenvalue weighted by Crippen LogP contribution is -2.56. The van der Waals surface area contributed by atoms with Gasteiger partial charge < -0.3 is 24.6 Å². The molecule has 176 valence electrons. The lowest BCUT2D eigenvalue weighted by Gasteiger charge is -2.59. The summed E-state index contributed by atoms with van der Waals surface area (Å²) in [6.07, 6.45) is 8.20. The number of amides is 1. The van der Waals surface area contributed by atoms with Crippen LogP contribution in [-0.4, -0.2) is 54.4 Å². The van der Waals surface area contributed by atoms with E-state index in [1.165, 1.54) is 38.6 Å². The first kappa shape index (κ1) is 22.8. The molecular formula is C24H34N2O6. The van der Waals surface area contributed by atoms with Gasteiger partial charge >= 0.3 is 5.97 Å². The highest BCUT2D eigenvalue weighted by Crippen LogP contribution is 2.62. The van der Waals surface area contributed by atoms with E-state index < -0.39 is 24.0 Å². The summed E-state index contributed by atoms with van der Waals surface area (Å²) in [5, 5.41) is 12.7. The minimum atomic E-state index is -0.911. The molecule has 4 fully saturated rings. The number of aromatic nitrogens is 1. The molecule has 1 aromatic heterocycles. The second-order valence-corrected chi connectivity index (χ2v) is 9.98. The molecule has 5 rings (SSSR count). The molecule has 0 spiro atoms. The van der Waals surface area contributed by atoms with Crippen molar-refractivity contribution in [2.75, 3.05) is 14.2 Å². The molecule has 8 heteroatoms. The van der Waals surface area contributed by atoms with Crippen LogP contribution in [0.5, 0.6) is 11.5 Å². The largest absolute Gasteiger partial charge is 0.503 e. The second-order valence-electron chi connectivity index (χ2n) is 9.98. The van der Waals surface area contributed by atoms with Crippen LogP contribution in [0.4, 0.5) is 0 Å². The van der Waals surface area contributed by atoms with E-state index >= 15 is 0 Å². The average Bonchev–Trinajstić information content (AvgIpc) is 2.73. The topological polar surface area (TPSA) is 107 Å². The number of aromatic hydroxyl groups is 1. The second kappa shape index (κ2) is 8.89. The molecule has 3 atom stereocenters. The summed E-state index contributed by atoms with van der Waals surface area (Å²) in [6.45, 7) is 3.44. The van der Waals surface area contributed by atoms with Crippen molar-refractivity contribution in [2.24, 2.45) is 23.2 Å². The lowest BCUT2D eigenvalue weighted by molar-refractivity contribution is -0.185. The first-order chi connectivity index (χ1) is 15.3. The zero-order valence-electron chi connectivity index (χ0n) is 19.3. The molecule has 1 amide bonds. The number of rotatable bonds is 8. The van der Waals surface area contributed by atoms with Gasteiger partial charge in [-0.3, -0.25) is 4.79 Å². The van der Waals surface area contributed by atoms with E-state index in [2.05, 4.69) is 10.3 Å². The Morgan fingerprint density at radius 2 is 1.72 bits per heavy atom. The summed E-state index contributed by atoms with van der Waals surface area (Å²) in [5.41, 5.74) is -0.133. The quantitative estimate of drug-likeness (QED) is 0.591. The summed E-state index contributed by atoms with van der Waals surface area (Å²) in [6, 6.07) is 0.534. The van der Waals surface area contributed by atoms with Gasteiger partial charge in [-0.05, 0) is 70.1 Å². The van der Waals surface area contributed by atoms with E-state index in [0.29, 0.717) is 0 Å². The third kappa shape index (κ3) is 4.17. The molecule has 1 heterocycles. The molecule has 4 saturated carbocycles. The summed E-state index contributed by atoms with van der Waals surface area (Å²) in [7, 11) is 3.09. The predicted molar refractivity (Wildman–Crippen MR) is 116 cm³/mol. The van der Waals surface area contributed by atoms with Crippen molar-refractivity contribution >= 4 is 11.9 Å². The molecular weight excluding hydrogens is 412 g/mol. The molecule has 0 aliphatic heterocycles. The lowest BCUT2D eigenvalue weighted by atomic mass is 9.47. The Bertz CT molecular complexity index is 837. The van der Waals surface area contributed by atoms with Crippen molar-refractivity contribution in [3.8, 4) is 11.5 Å². The van der Waals surface area contributed by atoms with Crippen LogP contribution in [0.25, 0.3) is 0 Å². The van der Waals surface area contributed by atoms with Crippen LogP contribution in [0.1, 0.15) is 62.9 Å². The van der Waals surface area contributed by atoms with E-state index in [1.807, 2.05) is 6.92 Å². The molecule has 8 nitrogen and oxygen atoms in total. The van der Waals surface area contributed by atoms with Gasteiger partial charge in [0.15, 0.2) is 17.2 Å². The van der Waals surface area contributed by atoms with Crippen molar-refractivity contribution in [3.05, 3.63) is 18.0 Å². The number of ether oxygens (including phenoxy) is 3. The molecule has 0 radical (unpaired) electrons. The first-order valence-electron chi connectivity index (χ1n) is 11.5. The minimum Gasteiger partial charge on any atom is -0.503 e. The van der Waals surface area contributed by atoms with E-state index in [1.54, 1.807) is 14.0 Å². The SMILES string of the molecule is COc1ccnc(C(=O)N[C@@H](C)C(=O)O[C@@H](C)[C@H](OC)C23CC4CC(CC(C4)C2)C3)c1O. The number of nitrogens with one attached hydrogen (secondary N) is 1. The van der Waals surface area contributed by atoms with Gasteiger partial charge in [-0.25, -0.2) is 9.78 Å². The van der Waals surface area contributed by atoms with E-state index in [-0.39, 0.29) is 28.7 Å². The number of carbonyl (C=O) groups is 2. The van der Waals surface area contributed by atoms with E-state index in [9.17, 15) is 14.7 Å². The maximum atomic E-state index is 12.8. The Hall–Kier alpha value is -2.35. The van der Waals surface area contributed by atoms with Gasteiger partial charge in [0, 0.05) is 24.8 Å². The molecule has 0 unspecified atom stereocenters. The Labute approximate surface area is 189 Å². The number of esters is 1. The molecule has 32 heavy (non-hydrogen) atoms. The normalized spacial score (nSPS) is 30.9. The fraction of sp³-hybridized carbons (Fsp3) is 0.708. The molecule has 4 aliphatic carbocycles. The van der Waals surface area contributed by atoms with E-state index in [4.69, 9.17) is 14.2 Å². The number of hydrogen-bond donors (Lipinski definition) is 2. The highest BCUT2D eigenvalue weighted by atomic mass is 16.6. The molecule has 2 N–H and O–H groups in total. The zero-order chi connectivity index (χ0) is 23.0. The van der Waals surface area contributed by atoms with Crippen LogP contribution in [0, 0.1) is 23.2 Å². The Kier molecular flexibility index (Phi) is 6.34. The van der Waals surface area contributed by atoms with Crippen molar-refractivity contribution in [1.29, 1.82) is 0 Å². The van der Waals surface area contributed by atoms with Crippen LogP contribution in [0.2, 0.25) is 0 Å². The van der Waals surface area contributed by atoms with Crippen LogP contribution >= 0.6 is 0 Å². The average molecular weight is 447 g/mol. The van der Waals surface area contributed by atoms with Gasteiger partial charge in [-0.1, -0.05) is 0 Å². The van der Waals surface area contributed by atoms with Crippen LogP contribution < -0.4 is 10.1 Å². The highest BCUT2D eigenvalue weighted by Gasteiger charge is 2.56. The molecule has 1 aromatic rings. The number of methoxy groups -OCH3 is 2. The minimum absolute atomic E-state index is 0.0754. The van der Waals surface area contributed by atoms with Crippen molar-refractivity contribution in [2.45, 2.75) is 70.6 Å². The van der Waals surface area contributed by atoms with Gasteiger partial charge in [0.1, 0.15) is 12.1 Å². The standard InChI is InChI=1S/C24H34N2O6/c1-13(26-22(28)19-20(27)18(30-3)5-6-25-19)23(29)32-14(2)21(31-4)24-10-15-7-16(11-24)9-17(8-15)12-24/h5-6,13-17,21,27H,7-12H2,1-4H3,(H,26,28)/t13-,14-,15?,16?,17?,21-,24?/m0/s1. The molecule has 0 aromatic carbocycles. The van der Waals surface area contributed by atoms with Crippen molar-refractivity contribution < 1.29 is 28.9 Å². The third-order valence-corrected chi connectivity index (χ3v) is 7.69. The summed E-state index contributed by atoms with van der Waals surface area (Å²) < 4.78 is 16.7. The smallest absolute Gasteiger partial charge is 0.328 e. The maximum absolute atomic E-state index is 12.8. The maximum Gasteiger partial charge on any atom is 0.328 e. The van der Waals surface area contributed by atoms with E-state index in [0.717, 1.165) is 37.0 Å². The highest BCUT2D eigenvalue weighted by molar-refractivity contribution is 5.97. The first-order valence-corrected chi connectivity index (χ1v) is 11.5. The monoisotopic (exact) mass is 446 g/mol. The Balaban J connectivity index is 1.39. The van der Waals surface area contributed by atoms with Crippen LogP contribution in [0.15, 0.2) is 12.3 Å². The number of pyridine rings is 1. The Morgan fingerprint density at radius 3 is 2.25 bits per heavy atom. The van der Waals surface area contributed by atoms with Crippen LogP contribution in [-0.2, 0) is 14.3 Å². The van der Waals surface area contributed by atoms with Gasteiger partial charge in [0.2, 0.25) is 0 Å². The van der Waals surface area contributed by atoms with Gasteiger partial charge in [-0.15, -0.1) is 0 Å². The van der Waals surface area contributed by atoms with Gasteiger partial charge in [-0.2, -0.15) is 0 Å². The number of hydrogen-bond acceptors (Lipinski definition) is 7. The molecule has 4 bridgehead atoms. The van der Waals surface area contributed by atoms with Crippen LogP contribution in [0.3, 0.4) is 0 Å². The predicted octanol–water partition coefficient (Wildman–Crippen LogP) is 3.08. The van der Waals surface area contributed by atoms with Crippen molar-refractivity contribution in [3.63, 3.8) is 0 Å². The van der Waals surface area contributed by atoms with Gasteiger partial charge in [0.25, 0.3) is 5.91 Å². The summed E-state index contributed by atoms with van der Waals surface area (Å²) >= 11 is 0. The Morgan fingerprint density at radius 1 is 1.12 bits per heavy atom. The fourth-order valence-electron chi connectivity index (χ4n) is 6.90. The fourth-order valence-corrected chi connectivity index (χ4v) is 6.90. The molecule has 0 saturated heterocycles. The summed E-state index contributed by atoms with van der Waals surface area (Å²) in [5.74, 6) is 0.840. The number of carbonyl (C=O) groups excluding carboxylic acids is 2.